The second-order valence-corrected chi connectivity index (χ2v) is 4.94. The van der Waals surface area contributed by atoms with Gasteiger partial charge in [0, 0.05) is 0 Å². The van der Waals surface area contributed by atoms with Crippen LogP contribution >= 0.6 is 0 Å². The molecule has 0 fully saturated rings. The highest BCUT2D eigenvalue weighted by atomic mass is 16.5. The highest BCUT2D eigenvalue weighted by Crippen LogP contribution is 2.23. The average molecular weight is 235 g/mol. The number of aryl methyl sites for hydroxylation is 1. The van der Waals surface area contributed by atoms with Crippen LogP contribution in [-0.4, -0.2) is 13.7 Å². The fraction of sp³-hybridized carbons (Fsp3) is 0.600. The molecule has 1 rings (SSSR count). The van der Waals surface area contributed by atoms with Crippen LogP contribution in [-0.2, 0) is 12.8 Å². The number of benzene rings is 1. The fourth-order valence-electron chi connectivity index (χ4n) is 2.13. The topological polar surface area (TPSA) is 35.2 Å². The first-order valence-electron chi connectivity index (χ1n) is 6.48. The zero-order chi connectivity index (χ0) is 12.8. The third-order valence-electron chi connectivity index (χ3n) is 3.47. The van der Waals surface area contributed by atoms with Gasteiger partial charge in [-0.25, -0.2) is 0 Å². The van der Waals surface area contributed by atoms with E-state index < -0.39 is 0 Å². The lowest BCUT2D eigenvalue weighted by atomic mass is 9.88. The van der Waals surface area contributed by atoms with Crippen LogP contribution in [0, 0.1) is 11.8 Å². The van der Waals surface area contributed by atoms with Crippen LogP contribution in [0.1, 0.15) is 31.9 Å². The quantitative estimate of drug-likeness (QED) is 0.822. The summed E-state index contributed by atoms with van der Waals surface area (Å²) in [6, 6.07) is 6.48. The molecule has 2 heteroatoms. The summed E-state index contributed by atoms with van der Waals surface area (Å²) in [5.41, 5.74) is 8.47. The lowest BCUT2D eigenvalue weighted by Crippen LogP contribution is -2.22. The molecule has 0 spiro atoms. The molecular formula is C15H25NO. The molecule has 0 saturated heterocycles. The smallest absolute Gasteiger partial charge is 0.122 e. The molecule has 0 bridgehead atoms. The summed E-state index contributed by atoms with van der Waals surface area (Å²) in [6.07, 6.45) is 2.07. The Balaban J connectivity index is 2.85. The van der Waals surface area contributed by atoms with E-state index in [4.69, 9.17) is 10.5 Å². The maximum Gasteiger partial charge on any atom is 0.122 e. The Morgan fingerprint density at radius 3 is 2.47 bits per heavy atom. The van der Waals surface area contributed by atoms with E-state index in [0.29, 0.717) is 11.8 Å². The van der Waals surface area contributed by atoms with E-state index >= 15 is 0 Å². The second kappa shape index (κ2) is 6.65. The normalized spacial score (nSPS) is 12.8. The lowest BCUT2D eigenvalue weighted by molar-refractivity contribution is 0.390. The summed E-state index contributed by atoms with van der Waals surface area (Å²) in [7, 11) is 1.73. The lowest BCUT2D eigenvalue weighted by Gasteiger charge is -2.19. The predicted molar refractivity (Wildman–Crippen MR) is 73.5 cm³/mol. The van der Waals surface area contributed by atoms with E-state index in [1.165, 1.54) is 11.1 Å². The fourth-order valence-corrected chi connectivity index (χ4v) is 2.13. The summed E-state index contributed by atoms with van der Waals surface area (Å²) in [5, 5.41) is 0. The molecule has 0 saturated carbocycles. The Morgan fingerprint density at radius 1 is 1.29 bits per heavy atom. The van der Waals surface area contributed by atoms with Gasteiger partial charge in [-0.05, 0) is 48.4 Å². The van der Waals surface area contributed by atoms with Gasteiger partial charge in [0.05, 0.1) is 7.11 Å². The average Bonchev–Trinajstić information content (AvgIpc) is 2.35. The monoisotopic (exact) mass is 235 g/mol. The Hall–Kier alpha value is -1.02. The molecular weight excluding hydrogens is 210 g/mol. The molecule has 0 aliphatic heterocycles. The van der Waals surface area contributed by atoms with Gasteiger partial charge in [0.25, 0.3) is 0 Å². The molecule has 17 heavy (non-hydrogen) atoms. The van der Waals surface area contributed by atoms with Crippen molar-refractivity contribution in [3.8, 4) is 5.75 Å². The number of rotatable bonds is 6. The molecule has 0 radical (unpaired) electrons. The Bertz CT molecular complexity index is 347. The van der Waals surface area contributed by atoms with Crippen LogP contribution in [0.4, 0.5) is 0 Å². The molecule has 0 aromatic heterocycles. The summed E-state index contributed by atoms with van der Waals surface area (Å²) in [6.45, 7) is 7.39. The third-order valence-corrected chi connectivity index (χ3v) is 3.47. The number of methoxy groups -OCH3 is 1. The molecule has 1 unspecified atom stereocenters. The third kappa shape index (κ3) is 3.74. The molecule has 0 aliphatic carbocycles. The van der Waals surface area contributed by atoms with Gasteiger partial charge in [-0.1, -0.05) is 32.9 Å². The summed E-state index contributed by atoms with van der Waals surface area (Å²) < 4.78 is 5.35. The van der Waals surface area contributed by atoms with Gasteiger partial charge in [0.1, 0.15) is 5.75 Å². The first kappa shape index (κ1) is 14.0. The van der Waals surface area contributed by atoms with Gasteiger partial charge >= 0.3 is 0 Å². The SMILES string of the molecule is CCc1cc(CC(CN)C(C)C)ccc1OC. The van der Waals surface area contributed by atoms with Gasteiger partial charge in [-0.15, -0.1) is 0 Å². The van der Waals surface area contributed by atoms with Crippen molar-refractivity contribution in [2.45, 2.75) is 33.6 Å². The van der Waals surface area contributed by atoms with E-state index in [2.05, 4.69) is 39.0 Å². The van der Waals surface area contributed by atoms with Crippen molar-refractivity contribution in [3.05, 3.63) is 29.3 Å². The van der Waals surface area contributed by atoms with Crippen molar-refractivity contribution in [2.24, 2.45) is 17.6 Å². The van der Waals surface area contributed by atoms with Crippen molar-refractivity contribution in [3.63, 3.8) is 0 Å². The Labute approximate surface area is 105 Å². The first-order valence-corrected chi connectivity index (χ1v) is 6.48. The van der Waals surface area contributed by atoms with Crippen molar-refractivity contribution < 1.29 is 4.74 Å². The standard InChI is InChI=1S/C15H25NO/c1-5-13-8-12(6-7-15(13)17-4)9-14(10-16)11(2)3/h6-8,11,14H,5,9-10,16H2,1-4H3. The number of nitrogens with two attached hydrogens (primary N) is 1. The maximum atomic E-state index is 5.82. The summed E-state index contributed by atoms with van der Waals surface area (Å²) >= 11 is 0. The van der Waals surface area contributed by atoms with E-state index in [-0.39, 0.29) is 0 Å². The number of hydrogen-bond acceptors (Lipinski definition) is 2. The van der Waals surface area contributed by atoms with E-state index in [1.807, 2.05) is 0 Å². The molecule has 1 aromatic carbocycles. The number of hydrogen-bond donors (Lipinski definition) is 1. The molecule has 2 N–H and O–H groups in total. The summed E-state index contributed by atoms with van der Waals surface area (Å²) in [4.78, 5) is 0. The highest BCUT2D eigenvalue weighted by Gasteiger charge is 2.13. The van der Waals surface area contributed by atoms with Crippen LogP contribution in [0.5, 0.6) is 5.75 Å². The van der Waals surface area contributed by atoms with Crippen LogP contribution < -0.4 is 10.5 Å². The van der Waals surface area contributed by atoms with Crippen molar-refractivity contribution in [2.75, 3.05) is 13.7 Å². The Morgan fingerprint density at radius 2 is 2.00 bits per heavy atom. The highest BCUT2D eigenvalue weighted by molar-refractivity contribution is 5.37. The number of ether oxygens (including phenoxy) is 1. The van der Waals surface area contributed by atoms with E-state index in [9.17, 15) is 0 Å². The maximum absolute atomic E-state index is 5.82. The molecule has 0 amide bonds. The molecule has 96 valence electrons. The van der Waals surface area contributed by atoms with Crippen molar-refractivity contribution in [1.29, 1.82) is 0 Å². The van der Waals surface area contributed by atoms with Crippen molar-refractivity contribution >= 4 is 0 Å². The summed E-state index contributed by atoms with van der Waals surface area (Å²) in [5.74, 6) is 2.19. The minimum atomic E-state index is 0.563. The second-order valence-electron chi connectivity index (χ2n) is 4.94. The van der Waals surface area contributed by atoms with E-state index in [0.717, 1.165) is 25.1 Å². The molecule has 1 aromatic rings. The Kier molecular flexibility index (Phi) is 5.49. The minimum Gasteiger partial charge on any atom is -0.496 e. The predicted octanol–water partition coefficient (Wildman–Crippen LogP) is 3.03. The molecule has 1 atom stereocenters. The van der Waals surface area contributed by atoms with Crippen molar-refractivity contribution in [1.82, 2.24) is 0 Å². The van der Waals surface area contributed by atoms with E-state index in [1.54, 1.807) is 7.11 Å². The zero-order valence-electron chi connectivity index (χ0n) is 11.5. The van der Waals surface area contributed by atoms with Gasteiger partial charge < -0.3 is 10.5 Å². The molecule has 2 nitrogen and oxygen atoms in total. The first-order chi connectivity index (χ1) is 8.12. The molecule has 0 aliphatic rings. The zero-order valence-corrected chi connectivity index (χ0v) is 11.5. The van der Waals surface area contributed by atoms with Gasteiger partial charge in [-0.3, -0.25) is 0 Å². The molecule has 0 heterocycles. The van der Waals surface area contributed by atoms with Crippen LogP contribution in [0.2, 0.25) is 0 Å². The van der Waals surface area contributed by atoms with Crippen LogP contribution in [0.25, 0.3) is 0 Å². The van der Waals surface area contributed by atoms with Crippen LogP contribution in [0.15, 0.2) is 18.2 Å². The van der Waals surface area contributed by atoms with Gasteiger partial charge in [-0.2, -0.15) is 0 Å². The van der Waals surface area contributed by atoms with Gasteiger partial charge in [0.15, 0.2) is 0 Å². The van der Waals surface area contributed by atoms with Gasteiger partial charge in [0.2, 0.25) is 0 Å². The van der Waals surface area contributed by atoms with Crippen LogP contribution in [0.3, 0.4) is 0 Å². The minimum absolute atomic E-state index is 0.563. The largest absolute Gasteiger partial charge is 0.496 e.